The molecule has 1 amide bonds. The normalized spacial score (nSPS) is 12.2. The van der Waals surface area contributed by atoms with Crippen LogP contribution in [0.2, 0.25) is 0 Å². The molecule has 3 aromatic rings. The van der Waals surface area contributed by atoms with Crippen LogP contribution in [-0.4, -0.2) is 35.4 Å². The number of carbonyl (C=O) groups is 1. The summed E-state index contributed by atoms with van der Waals surface area (Å²) in [6, 6.07) is 18.7. The van der Waals surface area contributed by atoms with Gasteiger partial charge in [-0.3, -0.25) is 9.69 Å². The van der Waals surface area contributed by atoms with E-state index >= 15 is 0 Å². The summed E-state index contributed by atoms with van der Waals surface area (Å²) in [5.41, 5.74) is 4.00. The van der Waals surface area contributed by atoms with Crippen LogP contribution in [0.25, 0.3) is 10.4 Å². The zero-order valence-corrected chi connectivity index (χ0v) is 18.4. The van der Waals surface area contributed by atoms with E-state index in [1.165, 1.54) is 11.1 Å². The predicted octanol–water partition coefficient (Wildman–Crippen LogP) is 5.24. The Morgan fingerprint density at radius 2 is 1.69 bits per heavy atom. The smallest absolute Gasteiger partial charge is 0.271 e. The lowest BCUT2D eigenvalue weighted by molar-refractivity contribution is 0.0931. The summed E-state index contributed by atoms with van der Waals surface area (Å²) in [5, 5.41) is 4.04. The Bertz CT molecular complexity index is 931. The fraction of sp³-hybridized carbons (Fsp3) is 0.333. The van der Waals surface area contributed by atoms with Crippen LogP contribution >= 0.6 is 11.3 Å². The second kappa shape index (κ2) is 9.81. The highest BCUT2D eigenvalue weighted by Gasteiger charge is 2.22. The van der Waals surface area contributed by atoms with Crippen molar-refractivity contribution in [3.8, 4) is 10.4 Å². The Balaban J connectivity index is 1.81. The number of thiazole rings is 1. The van der Waals surface area contributed by atoms with Gasteiger partial charge >= 0.3 is 0 Å². The Kier molecular flexibility index (Phi) is 7.18. The lowest BCUT2D eigenvalue weighted by Gasteiger charge is -2.30. The van der Waals surface area contributed by atoms with Gasteiger partial charge in [-0.2, -0.15) is 0 Å². The van der Waals surface area contributed by atoms with Gasteiger partial charge in [0.25, 0.3) is 5.91 Å². The molecule has 1 unspecified atom stereocenters. The number of aryl methyl sites for hydroxylation is 2. The average molecular weight is 408 g/mol. The molecule has 1 N–H and O–H groups in total. The molecule has 152 valence electrons. The predicted molar refractivity (Wildman–Crippen MR) is 121 cm³/mol. The molecule has 0 saturated carbocycles. The third-order valence-electron chi connectivity index (χ3n) is 5.16. The maximum Gasteiger partial charge on any atom is 0.271 e. The van der Waals surface area contributed by atoms with E-state index in [9.17, 15) is 4.79 Å². The second-order valence-corrected chi connectivity index (χ2v) is 8.34. The molecule has 5 heteroatoms. The number of hydrogen-bond acceptors (Lipinski definition) is 4. The standard InChI is InChI=1S/C24H29N3OS/c1-5-27(6-2)21(19-14-12-17(3)13-15-19)16-25-24(28)22-23(29-18(4)26-22)20-10-8-7-9-11-20/h7-15,21H,5-6,16H2,1-4H3,(H,25,28). The number of likely N-dealkylation sites (N-methyl/N-ethyl adjacent to an activating group) is 1. The molecule has 1 aromatic heterocycles. The molecular weight excluding hydrogens is 378 g/mol. The molecule has 4 nitrogen and oxygen atoms in total. The number of amides is 1. The number of nitrogens with one attached hydrogen (secondary N) is 1. The average Bonchev–Trinajstić information content (AvgIpc) is 3.14. The zero-order chi connectivity index (χ0) is 20.8. The summed E-state index contributed by atoms with van der Waals surface area (Å²) in [6.45, 7) is 10.8. The summed E-state index contributed by atoms with van der Waals surface area (Å²) in [6.07, 6.45) is 0. The Hall–Kier alpha value is -2.50. The third-order valence-corrected chi connectivity index (χ3v) is 6.18. The number of hydrogen-bond donors (Lipinski definition) is 1. The van der Waals surface area contributed by atoms with Crippen molar-refractivity contribution in [3.05, 3.63) is 76.4 Å². The van der Waals surface area contributed by atoms with Crippen molar-refractivity contribution in [3.63, 3.8) is 0 Å². The fourth-order valence-corrected chi connectivity index (χ4v) is 4.47. The third kappa shape index (κ3) is 5.11. The van der Waals surface area contributed by atoms with Crippen LogP contribution in [0.15, 0.2) is 54.6 Å². The van der Waals surface area contributed by atoms with Crippen molar-refractivity contribution in [2.45, 2.75) is 33.7 Å². The van der Waals surface area contributed by atoms with E-state index in [1.54, 1.807) is 11.3 Å². The van der Waals surface area contributed by atoms with Crippen LogP contribution in [0.5, 0.6) is 0 Å². The minimum absolute atomic E-state index is 0.113. The number of nitrogens with zero attached hydrogens (tertiary/aromatic N) is 2. The van der Waals surface area contributed by atoms with E-state index in [2.05, 4.69) is 60.2 Å². The fourth-order valence-electron chi connectivity index (χ4n) is 3.55. The van der Waals surface area contributed by atoms with E-state index in [-0.39, 0.29) is 11.9 Å². The van der Waals surface area contributed by atoms with Crippen molar-refractivity contribution < 1.29 is 4.79 Å². The van der Waals surface area contributed by atoms with E-state index in [0.29, 0.717) is 12.2 Å². The topological polar surface area (TPSA) is 45.2 Å². The summed E-state index contributed by atoms with van der Waals surface area (Å²) >= 11 is 1.56. The molecule has 0 bridgehead atoms. The molecule has 1 atom stereocenters. The van der Waals surface area contributed by atoms with Crippen LogP contribution in [0.1, 0.15) is 46.5 Å². The molecule has 0 saturated heterocycles. The van der Waals surface area contributed by atoms with Crippen molar-refractivity contribution >= 4 is 17.2 Å². The largest absolute Gasteiger partial charge is 0.349 e. The first kappa shape index (κ1) is 21.2. The summed E-state index contributed by atoms with van der Waals surface area (Å²) < 4.78 is 0. The van der Waals surface area contributed by atoms with Gasteiger partial charge in [-0.15, -0.1) is 11.3 Å². The van der Waals surface area contributed by atoms with Crippen molar-refractivity contribution in [2.75, 3.05) is 19.6 Å². The lowest BCUT2D eigenvalue weighted by atomic mass is 10.0. The molecule has 0 aliphatic carbocycles. The molecule has 0 fully saturated rings. The van der Waals surface area contributed by atoms with Gasteiger partial charge in [0.2, 0.25) is 0 Å². The van der Waals surface area contributed by atoms with Crippen LogP contribution in [0, 0.1) is 13.8 Å². The van der Waals surface area contributed by atoms with Gasteiger partial charge in [0, 0.05) is 6.54 Å². The van der Waals surface area contributed by atoms with Gasteiger partial charge in [0.15, 0.2) is 0 Å². The maximum atomic E-state index is 13.1. The SMILES string of the molecule is CCN(CC)C(CNC(=O)c1nc(C)sc1-c1ccccc1)c1ccc(C)cc1. The van der Waals surface area contributed by atoms with E-state index in [0.717, 1.165) is 28.5 Å². The molecule has 2 aromatic carbocycles. The monoisotopic (exact) mass is 407 g/mol. The molecule has 0 spiro atoms. The van der Waals surface area contributed by atoms with Crippen LogP contribution in [0.4, 0.5) is 0 Å². The highest BCUT2D eigenvalue weighted by molar-refractivity contribution is 7.15. The number of rotatable bonds is 8. The minimum Gasteiger partial charge on any atom is -0.349 e. The summed E-state index contributed by atoms with van der Waals surface area (Å²) in [7, 11) is 0. The number of aromatic nitrogens is 1. The maximum absolute atomic E-state index is 13.1. The summed E-state index contributed by atoms with van der Waals surface area (Å²) in [4.78, 5) is 20.9. The van der Waals surface area contributed by atoms with Crippen LogP contribution in [0.3, 0.4) is 0 Å². The van der Waals surface area contributed by atoms with E-state index < -0.39 is 0 Å². The quantitative estimate of drug-likeness (QED) is 0.555. The first-order valence-corrected chi connectivity index (χ1v) is 11.0. The minimum atomic E-state index is -0.113. The molecule has 0 aliphatic heterocycles. The highest BCUT2D eigenvalue weighted by Crippen LogP contribution is 2.30. The van der Waals surface area contributed by atoms with Gasteiger partial charge in [-0.1, -0.05) is 74.0 Å². The summed E-state index contributed by atoms with van der Waals surface area (Å²) in [5.74, 6) is -0.113. The van der Waals surface area contributed by atoms with Gasteiger partial charge in [0.05, 0.1) is 15.9 Å². The Morgan fingerprint density at radius 3 is 2.31 bits per heavy atom. The van der Waals surface area contributed by atoms with Gasteiger partial charge in [-0.05, 0) is 38.1 Å². The van der Waals surface area contributed by atoms with Crippen molar-refractivity contribution in [1.29, 1.82) is 0 Å². The zero-order valence-electron chi connectivity index (χ0n) is 17.6. The molecule has 0 radical (unpaired) electrons. The first-order chi connectivity index (χ1) is 14.0. The number of carbonyl (C=O) groups excluding carboxylic acids is 1. The number of benzene rings is 2. The lowest BCUT2D eigenvalue weighted by Crippen LogP contribution is -2.38. The Morgan fingerprint density at radius 1 is 1.03 bits per heavy atom. The van der Waals surface area contributed by atoms with Crippen molar-refractivity contribution in [1.82, 2.24) is 15.2 Å². The van der Waals surface area contributed by atoms with Crippen LogP contribution < -0.4 is 5.32 Å². The molecule has 1 heterocycles. The van der Waals surface area contributed by atoms with Crippen molar-refractivity contribution in [2.24, 2.45) is 0 Å². The second-order valence-electron chi connectivity index (χ2n) is 7.13. The molecule has 0 aliphatic rings. The molecular formula is C24H29N3OS. The highest BCUT2D eigenvalue weighted by atomic mass is 32.1. The molecule has 3 rings (SSSR count). The van der Waals surface area contributed by atoms with Gasteiger partial charge in [0.1, 0.15) is 5.69 Å². The Labute approximate surface area is 177 Å². The molecule has 29 heavy (non-hydrogen) atoms. The first-order valence-electron chi connectivity index (χ1n) is 10.1. The van der Waals surface area contributed by atoms with E-state index in [4.69, 9.17) is 0 Å². The van der Waals surface area contributed by atoms with Gasteiger partial charge in [-0.25, -0.2) is 4.98 Å². The van der Waals surface area contributed by atoms with Gasteiger partial charge < -0.3 is 5.32 Å². The van der Waals surface area contributed by atoms with E-state index in [1.807, 2.05) is 37.3 Å². The van der Waals surface area contributed by atoms with Crippen LogP contribution in [-0.2, 0) is 0 Å².